The Kier molecular flexibility index (Phi) is 2.37. The lowest BCUT2D eigenvalue weighted by atomic mass is 10.2. The first-order valence-electron chi connectivity index (χ1n) is 4.59. The molecule has 0 aromatic carbocycles. The van der Waals surface area contributed by atoms with E-state index in [0.29, 0.717) is 23.8 Å². The zero-order valence-corrected chi connectivity index (χ0v) is 8.43. The van der Waals surface area contributed by atoms with Gasteiger partial charge in [-0.15, -0.1) is 10.2 Å². The van der Waals surface area contributed by atoms with E-state index >= 15 is 0 Å². The minimum absolute atomic E-state index is 0.173. The van der Waals surface area contributed by atoms with Crippen molar-refractivity contribution in [1.82, 2.24) is 10.2 Å². The van der Waals surface area contributed by atoms with Gasteiger partial charge in [-0.25, -0.2) is 0 Å². The summed E-state index contributed by atoms with van der Waals surface area (Å²) in [5, 5.41) is 7.69. The number of rotatable bonds is 3. The maximum absolute atomic E-state index is 10.4. The van der Waals surface area contributed by atoms with Gasteiger partial charge in [0.2, 0.25) is 5.89 Å². The van der Waals surface area contributed by atoms with Gasteiger partial charge in [0.1, 0.15) is 0 Å². The monoisotopic (exact) mass is 206 g/mol. The first kappa shape index (κ1) is 9.64. The average molecular weight is 206 g/mol. The van der Waals surface area contributed by atoms with Crippen LogP contribution in [0.15, 0.2) is 21.0 Å². The highest BCUT2D eigenvalue weighted by atomic mass is 16.4. The highest BCUT2D eigenvalue weighted by Crippen LogP contribution is 2.22. The molecule has 0 N–H and O–H groups in total. The van der Waals surface area contributed by atoms with Gasteiger partial charge in [-0.3, -0.25) is 4.79 Å². The molecule has 0 bridgehead atoms. The summed E-state index contributed by atoms with van der Waals surface area (Å²) >= 11 is 0. The number of carbonyl (C=O) groups excluding carboxylic acids is 1. The zero-order chi connectivity index (χ0) is 10.8. The molecule has 2 rings (SSSR count). The Morgan fingerprint density at radius 3 is 2.60 bits per heavy atom. The molecule has 0 aliphatic carbocycles. The molecule has 0 saturated heterocycles. The largest absolute Gasteiger partial charge is 0.448 e. The van der Waals surface area contributed by atoms with Crippen molar-refractivity contribution in [2.45, 2.75) is 19.8 Å². The maximum Gasteiger partial charge on any atom is 0.283 e. The Bertz CT molecular complexity index is 470. The minimum atomic E-state index is 0.173. The van der Waals surface area contributed by atoms with Crippen molar-refractivity contribution in [2.24, 2.45) is 0 Å². The van der Waals surface area contributed by atoms with E-state index in [4.69, 9.17) is 8.83 Å². The molecule has 78 valence electrons. The van der Waals surface area contributed by atoms with Gasteiger partial charge in [0.15, 0.2) is 17.8 Å². The van der Waals surface area contributed by atoms with E-state index < -0.39 is 0 Å². The van der Waals surface area contributed by atoms with Gasteiger partial charge in [-0.2, -0.15) is 0 Å². The van der Waals surface area contributed by atoms with Gasteiger partial charge in [0.25, 0.3) is 5.89 Å². The van der Waals surface area contributed by atoms with Crippen molar-refractivity contribution in [3.05, 3.63) is 23.8 Å². The molecule has 15 heavy (non-hydrogen) atoms. The van der Waals surface area contributed by atoms with Crippen LogP contribution in [0.25, 0.3) is 11.7 Å². The lowest BCUT2D eigenvalue weighted by Crippen LogP contribution is -1.85. The minimum Gasteiger partial charge on any atom is -0.448 e. The second-order valence-corrected chi connectivity index (χ2v) is 3.42. The van der Waals surface area contributed by atoms with Crippen molar-refractivity contribution in [3.63, 3.8) is 0 Å². The summed E-state index contributed by atoms with van der Waals surface area (Å²) in [6, 6.07) is 3.18. The third kappa shape index (κ3) is 1.81. The second kappa shape index (κ2) is 3.68. The van der Waals surface area contributed by atoms with Crippen LogP contribution in [0.5, 0.6) is 0 Å². The highest BCUT2D eigenvalue weighted by molar-refractivity contribution is 5.71. The summed E-state index contributed by atoms with van der Waals surface area (Å²) in [5.41, 5.74) is 0. The van der Waals surface area contributed by atoms with E-state index in [1.54, 1.807) is 12.1 Å². The van der Waals surface area contributed by atoms with Crippen LogP contribution in [0.4, 0.5) is 0 Å². The molecule has 0 amide bonds. The Labute approximate surface area is 86.1 Å². The van der Waals surface area contributed by atoms with Crippen LogP contribution in [0.2, 0.25) is 0 Å². The third-order valence-corrected chi connectivity index (χ3v) is 1.89. The molecule has 0 fully saturated rings. The molecular weight excluding hydrogens is 196 g/mol. The molecule has 0 saturated carbocycles. The van der Waals surface area contributed by atoms with Gasteiger partial charge >= 0.3 is 0 Å². The average Bonchev–Trinajstić information content (AvgIpc) is 2.86. The second-order valence-electron chi connectivity index (χ2n) is 3.42. The molecule has 2 aromatic rings. The van der Waals surface area contributed by atoms with Gasteiger partial charge < -0.3 is 8.83 Å². The number of nitrogens with zero attached hydrogens (tertiary/aromatic N) is 2. The van der Waals surface area contributed by atoms with Crippen molar-refractivity contribution in [3.8, 4) is 11.7 Å². The fourth-order valence-corrected chi connectivity index (χ4v) is 1.10. The predicted molar refractivity (Wildman–Crippen MR) is 51.5 cm³/mol. The summed E-state index contributed by atoms with van der Waals surface area (Å²) in [7, 11) is 0. The molecule has 0 unspecified atom stereocenters. The molecule has 0 aliphatic rings. The maximum atomic E-state index is 10.4. The van der Waals surface area contributed by atoms with Crippen LogP contribution in [0.3, 0.4) is 0 Å². The standard InChI is InChI=1S/C10H10N2O3/c1-6(2)9-11-12-10(15-9)8-4-3-7(5-13)14-8/h3-6H,1-2H3. The Hall–Kier alpha value is -1.91. The van der Waals surface area contributed by atoms with E-state index in [0.717, 1.165) is 0 Å². The van der Waals surface area contributed by atoms with E-state index in [9.17, 15) is 4.79 Å². The number of aldehydes is 1. The summed E-state index contributed by atoms with van der Waals surface area (Å²) in [6.45, 7) is 3.91. The number of furan rings is 1. The fourth-order valence-electron chi connectivity index (χ4n) is 1.10. The van der Waals surface area contributed by atoms with Crippen LogP contribution >= 0.6 is 0 Å². The van der Waals surface area contributed by atoms with Crippen molar-refractivity contribution >= 4 is 6.29 Å². The van der Waals surface area contributed by atoms with Crippen LogP contribution in [0, 0.1) is 0 Å². The molecular formula is C10H10N2O3. The zero-order valence-electron chi connectivity index (χ0n) is 8.43. The van der Waals surface area contributed by atoms with Crippen LogP contribution in [-0.4, -0.2) is 16.5 Å². The van der Waals surface area contributed by atoms with Gasteiger partial charge in [0, 0.05) is 5.92 Å². The highest BCUT2D eigenvalue weighted by Gasteiger charge is 2.14. The smallest absolute Gasteiger partial charge is 0.283 e. The first-order chi connectivity index (χ1) is 7.20. The summed E-state index contributed by atoms with van der Waals surface area (Å²) in [4.78, 5) is 10.4. The third-order valence-electron chi connectivity index (χ3n) is 1.89. The van der Waals surface area contributed by atoms with E-state index in [2.05, 4.69) is 10.2 Å². The SMILES string of the molecule is CC(C)c1nnc(-c2ccc(C=O)o2)o1. The molecule has 2 aromatic heterocycles. The van der Waals surface area contributed by atoms with E-state index in [1.165, 1.54) is 0 Å². The van der Waals surface area contributed by atoms with Crippen molar-refractivity contribution < 1.29 is 13.6 Å². The number of hydrogen-bond donors (Lipinski definition) is 0. The lowest BCUT2D eigenvalue weighted by Gasteiger charge is -1.93. The fraction of sp³-hybridized carbons (Fsp3) is 0.300. The van der Waals surface area contributed by atoms with E-state index in [-0.39, 0.29) is 11.7 Å². The van der Waals surface area contributed by atoms with Crippen LogP contribution in [-0.2, 0) is 0 Å². The quantitative estimate of drug-likeness (QED) is 0.720. The molecule has 0 aliphatic heterocycles. The molecule has 5 heteroatoms. The molecule has 0 spiro atoms. The van der Waals surface area contributed by atoms with Crippen molar-refractivity contribution in [2.75, 3.05) is 0 Å². The Morgan fingerprint density at radius 1 is 1.27 bits per heavy atom. The van der Waals surface area contributed by atoms with Crippen LogP contribution < -0.4 is 0 Å². The van der Waals surface area contributed by atoms with Gasteiger partial charge in [-0.05, 0) is 12.1 Å². The van der Waals surface area contributed by atoms with Crippen LogP contribution in [0.1, 0.15) is 36.2 Å². The van der Waals surface area contributed by atoms with Crippen molar-refractivity contribution in [1.29, 1.82) is 0 Å². The Balaban J connectivity index is 2.32. The lowest BCUT2D eigenvalue weighted by molar-refractivity contribution is 0.110. The first-order valence-corrected chi connectivity index (χ1v) is 4.59. The number of aromatic nitrogens is 2. The predicted octanol–water partition coefficient (Wildman–Crippen LogP) is 2.27. The molecule has 0 atom stereocenters. The van der Waals surface area contributed by atoms with Gasteiger partial charge in [0.05, 0.1) is 0 Å². The topological polar surface area (TPSA) is 69.1 Å². The Morgan fingerprint density at radius 2 is 2.07 bits per heavy atom. The van der Waals surface area contributed by atoms with Gasteiger partial charge in [-0.1, -0.05) is 13.8 Å². The molecule has 2 heterocycles. The van der Waals surface area contributed by atoms with E-state index in [1.807, 2.05) is 13.8 Å². The summed E-state index contributed by atoms with van der Waals surface area (Å²) < 4.78 is 10.5. The number of hydrogen-bond acceptors (Lipinski definition) is 5. The normalized spacial score (nSPS) is 10.9. The number of carbonyl (C=O) groups is 1. The summed E-state index contributed by atoms with van der Waals surface area (Å²) in [5.74, 6) is 1.68. The molecule has 0 radical (unpaired) electrons. The molecule has 5 nitrogen and oxygen atoms in total. The summed E-state index contributed by atoms with van der Waals surface area (Å²) in [6.07, 6.45) is 0.628.